The molecule has 0 saturated heterocycles. The first kappa shape index (κ1) is 14.7. The summed E-state index contributed by atoms with van der Waals surface area (Å²) in [5.41, 5.74) is 0.278. The molecule has 0 aliphatic heterocycles. The van der Waals surface area contributed by atoms with Gasteiger partial charge in [-0.2, -0.15) is 0 Å². The van der Waals surface area contributed by atoms with Gasteiger partial charge in [-0.1, -0.05) is 30.3 Å². The predicted molar refractivity (Wildman–Crippen MR) is 71.8 cm³/mol. The van der Waals surface area contributed by atoms with Crippen molar-refractivity contribution in [2.75, 3.05) is 5.75 Å². The molecule has 1 rings (SSSR count). The number of rotatable bonds is 4. The predicted octanol–water partition coefficient (Wildman–Crippen LogP) is 1.52. The Morgan fingerprint density at radius 3 is 2.22 bits per heavy atom. The van der Waals surface area contributed by atoms with Gasteiger partial charge in [-0.25, -0.2) is 8.42 Å². The summed E-state index contributed by atoms with van der Waals surface area (Å²) in [5.74, 6) is -1.04. The van der Waals surface area contributed by atoms with Crippen molar-refractivity contribution < 1.29 is 13.2 Å². The molecule has 100 valence electrons. The number of hydrogen-bond donors (Lipinski definition) is 1. The molecule has 0 aliphatic rings. The van der Waals surface area contributed by atoms with Crippen LogP contribution in [0.25, 0.3) is 0 Å². The minimum Gasteiger partial charge on any atom is -0.351 e. The van der Waals surface area contributed by atoms with Crippen LogP contribution in [0.15, 0.2) is 30.3 Å². The molecule has 0 unspecified atom stereocenters. The van der Waals surface area contributed by atoms with Gasteiger partial charge in [-0.3, -0.25) is 4.79 Å². The van der Waals surface area contributed by atoms with Gasteiger partial charge in [0.1, 0.15) is 5.75 Å². The van der Waals surface area contributed by atoms with E-state index in [0.29, 0.717) is 5.56 Å². The Hall–Kier alpha value is -1.36. The highest BCUT2D eigenvalue weighted by Gasteiger charge is 2.20. The van der Waals surface area contributed by atoms with Crippen molar-refractivity contribution in [3.05, 3.63) is 35.9 Å². The molecule has 5 heteroatoms. The quantitative estimate of drug-likeness (QED) is 0.901. The summed E-state index contributed by atoms with van der Waals surface area (Å²) in [6.45, 7) is 5.44. The molecule has 0 radical (unpaired) electrons. The number of amides is 1. The molecule has 18 heavy (non-hydrogen) atoms. The number of sulfone groups is 1. The van der Waals surface area contributed by atoms with E-state index in [0.717, 1.165) is 0 Å². The summed E-state index contributed by atoms with van der Waals surface area (Å²) in [4.78, 5) is 11.6. The summed E-state index contributed by atoms with van der Waals surface area (Å²) in [6.07, 6.45) is 0. The second kappa shape index (κ2) is 5.52. The van der Waals surface area contributed by atoms with Crippen LogP contribution >= 0.6 is 0 Å². The lowest BCUT2D eigenvalue weighted by molar-refractivity contribution is -0.120. The normalized spacial score (nSPS) is 12.2. The fourth-order valence-corrected chi connectivity index (χ4v) is 2.81. The minimum absolute atomic E-state index is 0.106. The van der Waals surface area contributed by atoms with Gasteiger partial charge in [0.2, 0.25) is 5.91 Å². The molecule has 0 aliphatic carbocycles. The third-order valence-corrected chi connectivity index (χ3v) is 3.57. The number of hydrogen-bond acceptors (Lipinski definition) is 3. The molecule has 0 heterocycles. The molecule has 0 fully saturated rings. The maximum absolute atomic E-state index is 11.8. The Morgan fingerprint density at radius 2 is 1.72 bits per heavy atom. The molecule has 4 nitrogen and oxygen atoms in total. The molecule has 0 spiro atoms. The standard InChI is InChI=1S/C13H19NO3S/c1-13(2,3)14-12(15)10-18(16,17)9-11-7-5-4-6-8-11/h4-8H,9-10H2,1-3H3,(H,14,15). The van der Waals surface area contributed by atoms with E-state index in [1.54, 1.807) is 24.3 Å². The van der Waals surface area contributed by atoms with Crippen LogP contribution < -0.4 is 5.32 Å². The molecule has 1 aromatic carbocycles. The van der Waals surface area contributed by atoms with E-state index in [4.69, 9.17) is 0 Å². The van der Waals surface area contributed by atoms with Gasteiger partial charge < -0.3 is 5.32 Å². The molecule has 1 amide bonds. The maximum atomic E-state index is 11.8. The fourth-order valence-electron chi connectivity index (χ4n) is 1.53. The fraction of sp³-hybridized carbons (Fsp3) is 0.462. The van der Waals surface area contributed by atoms with Crippen LogP contribution in [0.4, 0.5) is 0 Å². The van der Waals surface area contributed by atoms with E-state index >= 15 is 0 Å². The zero-order chi connectivity index (χ0) is 13.8. The second-order valence-corrected chi connectivity index (χ2v) is 7.38. The third kappa shape index (κ3) is 5.82. The van der Waals surface area contributed by atoms with Gasteiger partial charge in [0.25, 0.3) is 0 Å². The van der Waals surface area contributed by atoms with Crippen LogP contribution in [0.2, 0.25) is 0 Å². The summed E-state index contributed by atoms with van der Waals surface area (Å²) in [6, 6.07) is 8.85. The molecule has 0 atom stereocenters. The SMILES string of the molecule is CC(C)(C)NC(=O)CS(=O)(=O)Cc1ccccc1. The second-order valence-electron chi connectivity index (χ2n) is 5.32. The minimum atomic E-state index is -3.42. The largest absolute Gasteiger partial charge is 0.351 e. The van der Waals surface area contributed by atoms with Crippen LogP contribution in [0, 0.1) is 0 Å². The lowest BCUT2D eigenvalue weighted by Crippen LogP contribution is -2.43. The molecule has 1 aromatic rings. The average molecular weight is 269 g/mol. The van der Waals surface area contributed by atoms with Crippen LogP contribution in [0.1, 0.15) is 26.3 Å². The van der Waals surface area contributed by atoms with E-state index in [1.807, 2.05) is 26.8 Å². The Morgan fingerprint density at radius 1 is 1.17 bits per heavy atom. The molecular formula is C13H19NO3S. The van der Waals surface area contributed by atoms with E-state index in [2.05, 4.69) is 5.32 Å². The van der Waals surface area contributed by atoms with Crippen molar-refractivity contribution in [1.29, 1.82) is 0 Å². The highest BCUT2D eigenvalue weighted by Crippen LogP contribution is 2.07. The van der Waals surface area contributed by atoms with Crippen molar-refractivity contribution >= 4 is 15.7 Å². The Labute approximate surface area is 108 Å². The zero-order valence-corrected chi connectivity index (χ0v) is 11.8. The van der Waals surface area contributed by atoms with Crippen molar-refractivity contribution in [2.24, 2.45) is 0 Å². The maximum Gasteiger partial charge on any atom is 0.235 e. The smallest absolute Gasteiger partial charge is 0.235 e. The van der Waals surface area contributed by atoms with Gasteiger partial charge in [0, 0.05) is 5.54 Å². The molecule has 1 N–H and O–H groups in total. The summed E-state index contributed by atoms with van der Waals surface area (Å²) in [5, 5.41) is 2.64. The average Bonchev–Trinajstić information content (AvgIpc) is 2.13. The molecular weight excluding hydrogens is 250 g/mol. The van der Waals surface area contributed by atoms with Gasteiger partial charge in [-0.15, -0.1) is 0 Å². The summed E-state index contributed by atoms with van der Waals surface area (Å²) in [7, 11) is -3.42. The Kier molecular flexibility index (Phi) is 4.51. The molecule has 0 saturated carbocycles. The number of benzene rings is 1. The molecule has 0 aromatic heterocycles. The van der Waals surface area contributed by atoms with E-state index in [9.17, 15) is 13.2 Å². The lowest BCUT2D eigenvalue weighted by atomic mass is 10.1. The monoisotopic (exact) mass is 269 g/mol. The Balaban J connectivity index is 2.63. The number of carbonyl (C=O) groups excluding carboxylic acids is 1. The van der Waals surface area contributed by atoms with Gasteiger partial charge in [-0.05, 0) is 26.3 Å². The lowest BCUT2D eigenvalue weighted by Gasteiger charge is -2.20. The van der Waals surface area contributed by atoms with Crippen LogP contribution in [-0.4, -0.2) is 25.6 Å². The highest BCUT2D eigenvalue weighted by atomic mass is 32.2. The highest BCUT2D eigenvalue weighted by molar-refractivity contribution is 7.91. The third-order valence-electron chi connectivity index (χ3n) is 2.09. The van der Waals surface area contributed by atoms with Crippen molar-refractivity contribution in [1.82, 2.24) is 5.32 Å². The molecule has 0 bridgehead atoms. The number of carbonyl (C=O) groups is 1. The van der Waals surface area contributed by atoms with Gasteiger partial charge in [0.05, 0.1) is 5.75 Å². The first-order valence-electron chi connectivity index (χ1n) is 5.73. The zero-order valence-electron chi connectivity index (χ0n) is 10.9. The van der Waals surface area contributed by atoms with Gasteiger partial charge >= 0.3 is 0 Å². The summed E-state index contributed by atoms with van der Waals surface area (Å²) >= 11 is 0. The number of nitrogens with one attached hydrogen (secondary N) is 1. The van der Waals surface area contributed by atoms with E-state index in [1.165, 1.54) is 0 Å². The van der Waals surface area contributed by atoms with Crippen LogP contribution in [0.3, 0.4) is 0 Å². The van der Waals surface area contributed by atoms with E-state index < -0.39 is 27.0 Å². The first-order chi connectivity index (χ1) is 8.18. The van der Waals surface area contributed by atoms with Crippen molar-refractivity contribution in [3.8, 4) is 0 Å². The van der Waals surface area contributed by atoms with Crippen LogP contribution in [-0.2, 0) is 20.4 Å². The topological polar surface area (TPSA) is 63.2 Å². The summed E-state index contributed by atoms with van der Waals surface area (Å²) < 4.78 is 23.7. The van der Waals surface area contributed by atoms with Crippen LogP contribution in [0.5, 0.6) is 0 Å². The first-order valence-corrected chi connectivity index (χ1v) is 7.55. The van der Waals surface area contributed by atoms with Crippen molar-refractivity contribution in [2.45, 2.75) is 32.1 Å². The van der Waals surface area contributed by atoms with Crippen molar-refractivity contribution in [3.63, 3.8) is 0 Å². The van der Waals surface area contributed by atoms with Gasteiger partial charge in [0.15, 0.2) is 9.84 Å². The van der Waals surface area contributed by atoms with E-state index in [-0.39, 0.29) is 5.75 Å². The Bertz CT molecular complexity index is 501.